The summed E-state index contributed by atoms with van der Waals surface area (Å²) in [5, 5.41) is 9.50. The summed E-state index contributed by atoms with van der Waals surface area (Å²) < 4.78 is 2.62. The molecule has 2 aliphatic carbocycles. The molecule has 1 N–H and O–H groups in total. The van der Waals surface area contributed by atoms with Gasteiger partial charge < -0.3 is 9.67 Å². The first-order valence-electron chi connectivity index (χ1n) is 16.3. The third-order valence-corrected chi connectivity index (χ3v) is 11.4. The number of imidazole rings is 1. The lowest BCUT2D eigenvalue weighted by Crippen LogP contribution is -2.62. The van der Waals surface area contributed by atoms with Gasteiger partial charge in [0.1, 0.15) is 5.82 Å². The van der Waals surface area contributed by atoms with E-state index >= 15 is 0 Å². The summed E-state index contributed by atoms with van der Waals surface area (Å²) in [5.74, 6) is 2.68. The number of carboxylic acid groups (broad SMARTS) is 1. The van der Waals surface area contributed by atoms with Crippen LogP contribution in [-0.4, -0.2) is 67.7 Å². The number of aromatic nitrogens is 2. The maximum atomic E-state index is 11.6. The molecular formula is C34H48N4O2. The van der Waals surface area contributed by atoms with Crippen LogP contribution >= 0.6 is 0 Å². The number of carbonyl (C=O) groups is 1. The molecule has 216 valence electrons. The monoisotopic (exact) mass is 544 g/mol. The number of hydrogen-bond donors (Lipinski definition) is 1. The highest BCUT2D eigenvalue weighted by molar-refractivity contribution is 5.76. The maximum Gasteiger partial charge on any atom is 0.317 e. The number of likely N-dealkylation sites (tertiary alicyclic amines) is 1. The fourth-order valence-corrected chi connectivity index (χ4v) is 9.79. The van der Waals surface area contributed by atoms with Crippen LogP contribution in [0, 0.1) is 17.8 Å². The average Bonchev–Trinajstić information content (AvgIpc) is 3.47. The van der Waals surface area contributed by atoms with Crippen molar-refractivity contribution in [1.29, 1.82) is 0 Å². The first-order chi connectivity index (χ1) is 19.4. The fourth-order valence-electron chi connectivity index (χ4n) is 9.79. The van der Waals surface area contributed by atoms with Crippen molar-refractivity contribution in [3.8, 4) is 0 Å². The zero-order valence-corrected chi connectivity index (χ0v) is 24.5. The molecule has 0 spiro atoms. The van der Waals surface area contributed by atoms with Gasteiger partial charge in [-0.1, -0.05) is 44.1 Å². The Morgan fingerprint density at radius 2 is 1.77 bits per heavy atom. The fraction of sp³-hybridized carbons (Fsp3) is 0.706. The summed E-state index contributed by atoms with van der Waals surface area (Å²) in [5.41, 5.74) is 4.12. The molecule has 0 radical (unpaired) electrons. The average molecular weight is 545 g/mol. The van der Waals surface area contributed by atoms with Gasteiger partial charge in [-0.05, 0) is 101 Å². The minimum atomic E-state index is -0.720. The summed E-state index contributed by atoms with van der Waals surface area (Å²) in [6.45, 7) is 6.07. The highest BCUT2D eigenvalue weighted by Crippen LogP contribution is 2.49. The van der Waals surface area contributed by atoms with Gasteiger partial charge in [0, 0.05) is 36.6 Å². The number of fused-ring (bicyclic) bond motifs is 4. The first-order valence-corrected chi connectivity index (χ1v) is 16.3. The quantitative estimate of drug-likeness (QED) is 0.423. The highest BCUT2D eigenvalue weighted by atomic mass is 16.4. The predicted molar refractivity (Wildman–Crippen MR) is 159 cm³/mol. The second-order valence-corrected chi connectivity index (χ2v) is 14.1. The molecule has 0 saturated carbocycles. The van der Waals surface area contributed by atoms with E-state index in [0.717, 1.165) is 37.2 Å². The minimum absolute atomic E-state index is 0.140. The van der Waals surface area contributed by atoms with Crippen LogP contribution in [0.3, 0.4) is 0 Å². The lowest BCUT2D eigenvalue weighted by Gasteiger charge is -2.58. The number of para-hydroxylation sites is 2. The zero-order valence-electron chi connectivity index (χ0n) is 24.5. The Kier molecular flexibility index (Phi) is 7.28. The molecule has 7 rings (SSSR count). The molecule has 2 aromatic rings. The summed E-state index contributed by atoms with van der Waals surface area (Å²) in [6, 6.07) is 11.4. The summed E-state index contributed by atoms with van der Waals surface area (Å²) >= 11 is 0. The van der Waals surface area contributed by atoms with Crippen molar-refractivity contribution < 1.29 is 9.90 Å². The van der Waals surface area contributed by atoms with Gasteiger partial charge in [0.2, 0.25) is 0 Å². The van der Waals surface area contributed by atoms with Crippen molar-refractivity contribution in [2.24, 2.45) is 17.8 Å². The number of piperidine rings is 2. The Hall–Kier alpha value is -2.18. The second kappa shape index (κ2) is 10.9. The Bertz CT molecular complexity index is 1250. The number of carboxylic acids is 1. The van der Waals surface area contributed by atoms with E-state index in [-0.39, 0.29) is 12.6 Å². The molecule has 3 saturated heterocycles. The number of rotatable bonds is 6. The number of hydrogen-bond acceptors (Lipinski definition) is 4. The van der Waals surface area contributed by atoms with Crippen LogP contribution < -0.4 is 0 Å². The van der Waals surface area contributed by atoms with Gasteiger partial charge in [0.15, 0.2) is 0 Å². The third kappa shape index (κ3) is 4.93. The van der Waals surface area contributed by atoms with Gasteiger partial charge in [0.05, 0.1) is 17.6 Å². The van der Waals surface area contributed by atoms with Crippen LogP contribution in [0.15, 0.2) is 35.9 Å². The molecule has 1 aromatic heterocycles. The summed E-state index contributed by atoms with van der Waals surface area (Å²) in [6.07, 6.45) is 17.6. The molecule has 4 heterocycles. The molecule has 1 aromatic carbocycles. The molecule has 7 unspecified atom stereocenters. The molecule has 6 nitrogen and oxygen atoms in total. The van der Waals surface area contributed by atoms with E-state index in [1.165, 1.54) is 69.1 Å². The predicted octanol–water partition coefficient (Wildman–Crippen LogP) is 6.46. The molecule has 6 heteroatoms. The van der Waals surface area contributed by atoms with Crippen molar-refractivity contribution in [1.82, 2.24) is 19.4 Å². The number of benzene rings is 1. The van der Waals surface area contributed by atoms with E-state index in [2.05, 4.69) is 58.6 Å². The van der Waals surface area contributed by atoms with E-state index in [1.54, 1.807) is 5.57 Å². The smallest absolute Gasteiger partial charge is 0.317 e. The molecule has 5 aliphatic rings. The molecule has 40 heavy (non-hydrogen) atoms. The van der Waals surface area contributed by atoms with Gasteiger partial charge in [-0.3, -0.25) is 14.6 Å². The normalized spacial score (nSPS) is 36.9. The van der Waals surface area contributed by atoms with Gasteiger partial charge in [-0.2, -0.15) is 0 Å². The zero-order chi connectivity index (χ0) is 27.4. The summed E-state index contributed by atoms with van der Waals surface area (Å²) in [4.78, 5) is 22.0. The minimum Gasteiger partial charge on any atom is -0.480 e. The maximum absolute atomic E-state index is 11.6. The first kappa shape index (κ1) is 26.7. The standard InChI is InChI=1S/C34H48N4O2/c1-22-14-23(2)32-19-28(18-31(22)37(32)27-16-24-8-3-4-9-25(15-24)17-27)38-30-12-6-5-11-29(30)35-33(38)20-26-10-7-13-36(26)21-34(39)40/h5-6,11-12,15,22-24,26-28,31-32H,3-4,7-10,13-14,16-21H2,1-2H3,(H,39,40). The van der Waals surface area contributed by atoms with Crippen LogP contribution in [0.1, 0.15) is 96.3 Å². The van der Waals surface area contributed by atoms with E-state index in [9.17, 15) is 9.90 Å². The van der Waals surface area contributed by atoms with Crippen LogP contribution in [0.5, 0.6) is 0 Å². The van der Waals surface area contributed by atoms with Crippen LogP contribution in [0.2, 0.25) is 0 Å². The van der Waals surface area contributed by atoms with Crippen molar-refractivity contribution in [3.63, 3.8) is 0 Å². The van der Waals surface area contributed by atoms with Crippen molar-refractivity contribution >= 4 is 17.0 Å². The van der Waals surface area contributed by atoms with Gasteiger partial charge in [-0.25, -0.2) is 4.98 Å². The van der Waals surface area contributed by atoms with Gasteiger partial charge in [-0.15, -0.1) is 0 Å². The van der Waals surface area contributed by atoms with Gasteiger partial charge >= 0.3 is 5.97 Å². The van der Waals surface area contributed by atoms with E-state index in [4.69, 9.17) is 4.98 Å². The topological polar surface area (TPSA) is 61.6 Å². The Labute approximate surface area is 239 Å². The van der Waals surface area contributed by atoms with Crippen molar-refractivity contribution in [2.45, 2.75) is 121 Å². The Morgan fingerprint density at radius 1 is 0.975 bits per heavy atom. The second-order valence-electron chi connectivity index (χ2n) is 14.1. The highest BCUT2D eigenvalue weighted by Gasteiger charge is 2.49. The van der Waals surface area contributed by atoms with E-state index < -0.39 is 5.97 Å². The molecular weight excluding hydrogens is 496 g/mol. The van der Waals surface area contributed by atoms with Crippen LogP contribution in [-0.2, 0) is 11.2 Å². The molecule has 7 atom stereocenters. The van der Waals surface area contributed by atoms with E-state index in [1.807, 2.05) is 0 Å². The Morgan fingerprint density at radius 3 is 2.58 bits per heavy atom. The van der Waals surface area contributed by atoms with Crippen molar-refractivity contribution in [3.05, 3.63) is 41.7 Å². The van der Waals surface area contributed by atoms with Crippen molar-refractivity contribution in [2.75, 3.05) is 13.1 Å². The molecule has 0 amide bonds. The lowest BCUT2D eigenvalue weighted by atomic mass is 9.69. The van der Waals surface area contributed by atoms with Crippen LogP contribution in [0.25, 0.3) is 11.0 Å². The van der Waals surface area contributed by atoms with E-state index in [0.29, 0.717) is 36.0 Å². The third-order valence-electron chi connectivity index (χ3n) is 11.4. The Balaban J connectivity index is 1.20. The largest absolute Gasteiger partial charge is 0.480 e. The number of aliphatic carboxylic acids is 1. The SMILES string of the molecule is CC1CC(C)C2CC(n3c(CC4CCCN4CC(=O)O)nc4ccccc43)CC1N2C1CC2=CC(CCCC2)C1. The molecule has 3 fully saturated rings. The summed E-state index contributed by atoms with van der Waals surface area (Å²) in [7, 11) is 0. The molecule has 4 bridgehead atoms. The number of nitrogens with zero attached hydrogens (tertiary/aromatic N) is 4. The number of allylic oxidation sites excluding steroid dienone is 1. The van der Waals surface area contributed by atoms with Crippen LogP contribution in [0.4, 0.5) is 0 Å². The molecule has 3 aliphatic heterocycles. The lowest BCUT2D eigenvalue weighted by molar-refractivity contribution is -0.138. The van der Waals surface area contributed by atoms with Gasteiger partial charge in [0.25, 0.3) is 0 Å².